The second-order valence-corrected chi connectivity index (χ2v) is 3.29. The minimum atomic E-state index is -1.23. The van der Waals surface area contributed by atoms with E-state index in [4.69, 9.17) is 4.74 Å². The first-order valence-electron chi connectivity index (χ1n) is 3.97. The molecule has 0 aliphatic carbocycles. The van der Waals surface area contributed by atoms with E-state index < -0.39 is 6.10 Å². The van der Waals surface area contributed by atoms with Gasteiger partial charge in [-0.2, -0.15) is 12.6 Å². The lowest BCUT2D eigenvalue weighted by molar-refractivity contribution is -0.137. The Morgan fingerprint density at radius 2 is 2.08 bits per heavy atom. The van der Waals surface area contributed by atoms with E-state index in [1.807, 2.05) is 0 Å². The van der Waals surface area contributed by atoms with E-state index in [9.17, 15) is 9.90 Å². The fourth-order valence-corrected chi connectivity index (χ4v) is 0.838. The minimum absolute atomic E-state index is 0.0302. The lowest BCUT2D eigenvalue weighted by Gasteiger charge is -2.09. The maximum atomic E-state index is 11.0. The van der Waals surface area contributed by atoms with E-state index in [-0.39, 0.29) is 18.3 Å². The van der Waals surface area contributed by atoms with E-state index in [1.54, 1.807) is 13.8 Å². The number of ether oxygens (including phenoxy) is 1. The Kier molecular flexibility index (Phi) is 6.42. The quantitative estimate of drug-likeness (QED) is 0.502. The van der Waals surface area contributed by atoms with Gasteiger partial charge >= 0.3 is 0 Å². The third-order valence-corrected chi connectivity index (χ3v) is 1.57. The van der Waals surface area contributed by atoms with Crippen molar-refractivity contribution in [2.24, 2.45) is 5.92 Å². The largest absolute Gasteiger partial charge is 0.377 e. The predicted octanol–water partition coefficient (Wildman–Crippen LogP) is 0.957. The molecule has 71 valence electrons. The average Bonchev–Trinajstić information content (AvgIpc) is 2.03. The Bertz CT molecular complexity index is 136. The van der Waals surface area contributed by atoms with Gasteiger partial charge in [0.05, 0.1) is 13.2 Å². The molecule has 0 heterocycles. The lowest BCUT2D eigenvalue weighted by Crippen LogP contribution is -2.28. The van der Waals surface area contributed by atoms with Crippen LogP contribution >= 0.6 is 12.6 Å². The minimum Gasteiger partial charge on any atom is -0.377 e. The highest BCUT2D eigenvalue weighted by atomic mass is 32.1. The highest BCUT2D eigenvalue weighted by Crippen LogP contribution is 2.00. The molecule has 0 saturated carbocycles. The van der Waals surface area contributed by atoms with Crippen LogP contribution in [0, 0.1) is 5.92 Å². The molecule has 3 nitrogen and oxygen atoms in total. The molecule has 0 bridgehead atoms. The van der Waals surface area contributed by atoms with Crippen molar-refractivity contribution in [3.63, 3.8) is 0 Å². The zero-order chi connectivity index (χ0) is 9.56. The maximum Gasteiger partial charge on any atom is 0.174 e. The summed E-state index contributed by atoms with van der Waals surface area (Å²) in [4.78, 5) is 11.0. The smallest absolute Gasteiger partial charge is 0.174 e. The third kappa shape index (κ3) is 4.74. The number of hydrogen-bond donors (Lipinski definition) is 1. The molecule has 0 unspecified atom stereocenters. The van der Waals surface area contributed by atoms with Crippen molar-refractivity contribution in [1.82, 2.24) is 0 Å². The van der Waals surface area contributed by atoms with Gasteiger partial charge in [-0.25, -0.2) is 5.11 Å². The second-order valence-electron chi connectivity index (χ2n) is 2.84. The average molecular weight is 191 g/mol. The van der Waals surface area contributed by atoms with Gasteiger partial charge in [0, 0.05) is 11.7 Å². The molecule has 0 saturated heterocycles. The summed E-state index contributed by atoms with van der Waals surface area (Å²) in [5.41, 5.74) is 0. The van der Waals surface area contributed by atoms with Gasteiger partial charge in [-0.1, -0.05) is 13.8 Å². The van der Waals surface area contributed by atoms with Gasteiger partial charge in [-0.05, 0) is 0 Å². The fraction of sp³-hybridized carbons (Fsp3) is 0.875. The molecule has 4 heteroatoms. The summed E-state index contributed by atoms with van der Waals surface area (Å²) in [6.45, 7) is 3.82. The monoisotopic (exact) mass is 191 g/mol. The van der Waals surface area contributed by atoms with Gasteiger partial charge in [0.25, 0.3) is 0 Å². The van der Waals surface area contributed by atoms with Crippen molar-refractivity contribution in [2.45, 2.75) is 20.0 Å². The van der Waals surface area contributed by atoms with E-state index in [2.05, 4.69) is 12.6 Å². The molecule has 0 amide bonds. The maximum absolute atomic E-state index is 11.0. The molecule has 0 spiro atoms. The molecule has 0 aliphatic rings. The molecule has 1 atom stereocenters. The zero-order valence-corrected chi connectivity index (χ0v) is 8.34. The topological polar surface area (TPSA) is 46.2 Å². The molecular weight excluding hydrogens is 176 g/mol. The number of rotatable bonds is 6. The third-order valence-electron chi connectivity index (χ3n) is 1.39. The van der Waals surface area contributed by atoms with Crippen LogP contribution in [0.2, 0.25) is 0 Å². The molecule has 12 heavy (non-hydrogen) atoms. The highest BCUT2D eigenvalue weighted by molar-refractivity contribution is 7.80. The molecule has 0 rings (SSSR count). The van der Waals surface area contributed by atoms with Gasteiger partial charge in [0.15, 0.2) is 11.9 Å². The lowest BCUT2D eigenvalue weighted by atomic mass is 10.1. The SMILES string of the molecule is CC(C)C(=O)[C@@H]([O])COCCS. The number of thiol groups is 1. The Labute approximate surface area is 78.5 Å². The summed E-state index contributed by atoms with van der Waals surface area (Å²) in [6, 6.07) is 0. The van der Waals surface area contributed by atoms with Crippen LogP contribution in [0.15, 0.2) is 0 Å². The van der Waals surface area contributed by atoms with Crippen LogP contribution in [0.3, 0.4) is 0 Å². The number of carbonyl (C=O) groups is 1. The van der Waals surface area contributed by atoms with Crippen LogP contribution in [0.5, 0.6) is 0 Å². The molecule has 0 aromatic rings. The predicted molar refractivity (Wildman–Crippen MR) is 49.0 cm³/mol. The number of hydrogen-bond acceptors (Lipinski definition) is 3. The zero-order valence-electron chi connectivity index (χ0n) is 7.45. The van der Waals surface area contributed by atoms with E-state index in [0.717, 1.165) is 0 Å². The van der Waals surface area contributed by atoms with Crippen molar-refractivity contribution >= 4 is 18.4 Å². The molecule has 0 aromatic carbocycles. The molecule has 1 radical (unpaired) electrons. The Morgan fingerprint density at radius 1 is 1.50 bits per heavy atom. The first-order valence-corrected chi connectivity index (χ1v) is 4.61. The van der Waals surface area contributed by atoms with Gasteiger partial charge in [0.2, 0.25) is 0 Å². The Hall–Kier alpha value is -0.0600. The highest BCUT2D eigenvalue weighted by Gasteiger charge is 2.19. The standard InChI is InChI=1S/C8H15O3S/c1-6(2)8(10)7(9)5-11-3-4-12/h6-7,12H,3-5H2,1-2H3/t7-/m0/s1. The van der Waals surface area contributed by atoms with Gasteiger partial charge in [0.1, 0.15) is 0 Å². The number of carbonyl (C=O) groups excluding carboxylic acids is 1. The van der Waals surface area contributed by atoms with Crippen LogP contribution in [-0.2, 0) is 14.6 Å². The summed E-state index contributed by atoms with van der Waals surface area (Å²) in [5.74, 6) is 0.0871. The van der Waals surface area contributed by atoms with Gasteiger partial charge in [-0.3, -0.25) is 4.79 Å². The summed E-state index contributed by atoms with van der Waals surface area (Å²) < 4.78 is 4.91. The van der Waals surface area contributed by atoms with Crippen LogP contribution < -0.4 is 0 Å². The summed E-state index contributed by atoms with van der Waals surface area (Å²) in [6.07, 6.45) is -1.23. The normalized spacial score (nSPS) is 13.4. The molecule has 0 aliphatic heterocycles. The Morgan fingerprint density at radius 3 is 2.50 bits per heavy atom. The molecular formula is C8H15O3S. The molecule has 0 N–H and O–H groups in total. The summed E-state index contributed by atoms with van der Waals surface area (Å²) in [5, 5.41) is 11.0. The second kappa shape index (κ2) is 6.46. The van der Waals surface area contributed by atoms with Crippen molar-refractivity contribution in [1.29, 1.82) is 0 Å². The van der Waals surface area contributed by atoms with Crippen molar-refractivity contribution < 1.29 is 14.6 Å². The van der Waals surface area contributed by atoms with Crippen molar-refractivity contribution in [2.75, 3.05) is 19.0 Å². The van der Waals surface area contributed by atoms with Crippen LogP contribution in [0.4, 0.5) is 0 Å². The van der Waals surface area contributed by atoms with Gasteiger partial charge < -0.3 is 4.74 Å². The summed E-state index contributed by atoms with van der Waals surface area (Å²) >= 11 is 3.90. The molecule has 0 fully saturated rings. The number of ketones is 1. The van der Waals surface area contributed by atoms with Crippen LogP contribution in [-0.4, -0.2) is 30.9 Å². The fourth-order valence-electron chi connectivity index (χ4n) is 0.709. The van der Waals surface area contributed by atoms with Gasteiger partial charge in [-0.15, -0.1) is 0 Å². The first kappa shape index (κ1) is 11.9. The molecule has 0 aromatic heterocycles. The van der Waals surface area contributed by atoms with E-state index in [0.29, 0.717) is 12.4 Å². The first-order chi connectivity index (χ1) is 5.59. The Balaban J connectivity index is 3.57. The van der Waals surface area contributed by atoms with Crippen LogP contribution in [0.25, 0.3) is 0 Å². The van der Waals surface area contributed by atoms with Crippen molar-refractivity contribution in [3.8, 4) is 0 Å². The van der Waals surface area contributed by atoms with Crippen molar-refractivity contribution in [3.05, 3.63) is 0 Å². The van der Waals surface area contributed by atoms with E-state index >= 15 is 0 Å². The number of Topliss-reactive ketones (excluding diaryl/α,β-unsaturated/α-hetero) is 1. The summed E-state index contributed by atoms with van der Waals surface area (Å²) in [7, 11) is 0. The van der Waals surface area contributed by atoms with E-state index in [1.165, 1.54) is 0 Å². The van der Waals surface area contributed by atoms with Crippen LogP contribution in [0.1, 0.15) is 13.8 Å².